The topological polar surface area (TPSA) is 78.3 Å². The average molecular weight is 380 g/mol. The van der Waals surface area contributed by atoms with Gasteiger partial charge in [0.2, 0.25) is 0 Å². The maximum Gasteiger partial charge on any atom is 0.255 e. The molecule has 28 heavy (non-hydrogen) atoms. The fourth-order valence-electron chi connectivity index (χ4n) is 2.85. The van der Waals surface area contributed by atoms with Gasteiger partial charge in [0.25, 0.3) is 5.91 Å². The monoisotopic (exact) mass is 380 g/mol. The van der Waals surface area contributed by atoms with Crippen LogP contribution in [0.25, 0.3) is 5.82 Å². The maximum atomic E-state index is 12.7. The maximum absolute atomic E-state index is 12.7. The van der Waals surface area contributed by atoms with Gasteiger partial charge in [0.1, 0.15) is 12.4 Å². The van der Waals surface area contributed by atoms with Crippen LogP contribution in [0.15, 0.2) is 54.9 Å². The van der Waals surface area contributed by atoms with Crippen molar-refractivity contribution in [3.05, 3.63) is 71.7 Å². The highest BCUT2D eigenvalue weighted by Crippen LogP contribution is 2.16. The van der Waals surface area contributed by atoms with E-state index in [1.54, 1.807) is 24.2 Å². The van der Waals surface area contributed by atoms with Gasteiger partial charge in [-0.1, -0.05) is 25.1 Å². The molecule has 1 aromatic carbocycles. The van der Waals surface area contributed by atoms with Crippen LogP contribution in [-0.4, -0.2) is 41.0 Å². The Morgan fingerprint density at radius 3 is 2.82 bits per heavy atom. The second-order valence-electron chi connectivity index (χ2n) is 6.13. The van der Waals surface area contributed by atoms with E-state index in [0.29, 0.717) is 37.6 Å². The number of methoxy groups -OCH3 is 1. The van der Waals surface area contributed by atoms with Crippen LogP contribution in [0.3, 0.4) is 0 Å². The van der Waals surface area contributed by atoms with Crippen molar-refractivity contribution in [1.29, 1.82) is 0 Å². The average Bonchev–Trinajstić information content (AvgIpc) is 3.17. The summed E-state index contributed by atoms with van der Waals surface area (Å²) in [5.74, 6) is 1.28. The Labute approximate surface area is 164 Å². The van der Waals surface area contributed by atoms with E-state index in [-0.39, 0.29) is 5.91 Å². The second-order valence-corrected chi connectivity index (χ2v) is 6.13. The van der Waals surface area contributed by atoms with Gasteiger partial charge in [-0.2, -0.15) is 5.10 Å². The standard InChI is InChI=1S/C21H24N4O3/c1-3-19-18(15-24-25(19)20-9-4-5-10-22-20)21(26)23-14-16-7-6-8-17(13-16)28-12-11-27-2/h4-10,13,15H,3,11-12,14H2,1-2H3,(H,23,26). The van der Waals surface area contributed by atoms with Crippen LogP contribution < -0.4 is 10.1 Å². The van der Waals surface area contributed by atoms with E-state index in [2.05, 4.69) is 15.4 Å². The third kappa shape index (κ3) is 4.75. The number of carbonyl (C=O) groups excluding carboxylic acids is 1. The summed E-state index contributed by atoms with van der Waals surface area (Å²) in [5.41, 5.74) is 2.34. The number of rotatable bonds is 9. The third-order valence-corrected chi connectivity index (χ3v) is 4.22. The molecule has 3 rings (SSSR count). The van der Waals surface area contributed by atoms with E-state index in [4.69, 9.17) is 9.47 Å². The van der Waals surface area contributed by atoms with Gasteiger partial charge in [-0.05, 0) is 36.2 Å². The molecule has 0 aliphatic carbocycles. The molecule has 0 saturated carbocycles. The summed E-state index contributed by atoms with van der Waals surface area (Å²) in [6.07, 6.45) is 3.97. The lowest BCUT2D eigenvalue weighted by atomic mass is 10.1. The summed E-state index contributed by atoms with van der Waals surface area (Å²) in [6.45, 7) is 3.41. The molecule has 2 aromatic heterocycles. The summed E-state index contributed by atoms with van der Waals surface area (Å²) in [7, 11) is 1.63. The van der Waals surface area contributed by atoms with Gasteiger partial charge < -0.3 is 14.8 Å². The van der Waals surface area contributed by atoms with Crippen molar-refractivity contribution in [2.75, 3.05) is 20.3 Å². The predicted octanol–water partition coefficient (Wildman–Crippen LogP) is 2.78. The molecule has 0 fully saturated rings. The molecule has 0 aliphatic heterocycles. The first-order chi connectivity index (χ1) is 13.7. The number of nitrogens with zero attached hydrogens (tertiary/aromatic N) is 3. The first-order valence-corrected chi connectivity index (χ1v) is 9.20. The molecule has 0 saturated heterocycles. The molecule has 7 nitrogen and oxygen atoms in total. The molecule has 0 atom stereocenters. The molecule has 1 N–H and O–H groups in total. The molecular formula is C21H24N4O3. The van der Waals surface area contributed by atoms with Crippen molar-refractivity contribution >= 4 is 5.91 Å². The van der Waals surface area contributed by atoms with Crippen molar-refractivity contribution in [3.8, 4) is 11.6 Å². The van der Waals surface area contributed by atoms with Gasteiger partial charge in [0.05, 0.1) is 24.1 Å². The summed E-state index contributed by atoms with van der Waals surface area (Å²) >= 11 is 0. The number of amides is 1. The van der Waals surface area contributed by atoms with Crippen molar-refractivity contribution in [2.24, 2.45) is 0 Å². The SMILES string of the molecule is CCc1c(C(=O)NCc2cccc(OCCOC)c2)cnn1-c1ccccn1. The van der Waals surface area contributed by atoms with E-state index < -0.39 is 0 Å². The smallest absolute Gasteiger partial charge is 0.255 e. The van der Waals surface area contributed by atoms with Crippen LogP contribution in [0, 0.1) is 0 Å². The van der Waals surface area contributed by atoms with Crippen molar-refractivity contribution in [1.82, 2.24) is 20.1 Å². The Hall–Kier alpha value is -3.19. The number of nitrogens with one attached hydrogen (secondary N) is 1. The van der Waals surface area contributed by atoms with Gasteiger partial charge in [-0.25, -0.2) is 9.67 Å². The predicted molar refractivity (Wildman–Crippen MR) is 106 cm³/mol. The lowest BCUT2D eigenvalue weighted by Crippen LogP contribution is -2.23. The second kappa shape index (κ2) is 9.66. The van der Waals surface area contributed by atoms with E-state index >= 15 is 0 Å². The van der Waals surface area contributed by atoms with Gasteiger partial charge in [-0.3, -0.25) is 4.79 Å². The molecule has 0 unspecified atom stereocenters. The first-order valence-electron chi connectivity index (χ1n) is 9.20. The number of hydrogen-bond acceptors (Lipinski definition) is 5. The number of aromatic nitrogens is 3. The molecule has 0 radical (unpaired) electrons. The zero-order valence-electron chi connectivity index (χ0n) is 16.1. The number of carbonyl (C=O) groups is 1. The van der Waals surface area contributed by atoms with Gasteiger partial charge in [-0.15, -0.1) is 0 Å². The Bertz CT molecular complexity index is 909. The number of ether oxygens (including phenoxy) is 2. The lowest BCUT2D eigenvalue weighted by molar-refractivity contribution is 0.0950. The van der Waals surface area contributed by atoms with E-state index in [1.165, 1.54) is 0 Å². The Balaban J connectivity index is 1.67. The number of benzene rings is 1. The third-order valence-electron chi connectivity index (χ3n) is 4.22. The Morgan fingerprint density at radius 2 is 2.07 bits per heavy atom. The minimum absolute atomic E-state index is 0.162. The van der Waals surface area contributed by atoms with Crippen LogP contribution in [0.1, 0.15) is 28.5 Å². The fraction of sp³-hybridized carbons (Fsp3) is 0.286. The highest BCUT2D eigenvalue weighted by Gasteiger charge is 2.17. The highest BCUT2D eigenvalue weighted by molar-refractivity contribution is 5.95. The summed E-state index contributed by atoms with van der Waals surface area (Å²) in [6, 6.07) is 13.2. The molecule has 7 heteroatoms. The van der Waals surface area contributed by atoms with Crippen LogP contribution in [-0.2, 0) is 17.7 Å². The van der Waals surface area contributed by atoms with Gasteiger partial charge in [0, 0.05) is 19.9 Å². The normalized spacial score (nSPS) is 10.6. The molecule has 0 aliphatic rings. The van der Waals surface area contributed by atoms with Gasteiger partial charge >= 0.3 is 0 Å². The Morgan fingerprint density at radius 1 is 1.18 bits per heavy atom. The molecule has 0 bridgehead atoms. The Kier molecular flexibility index (Phi) is 6.75. The van der Waals surface area contributed by atoms with Crippen LogP contribution in [0.4, 0.5) is 0 Å². The fourth-order valence-corrected chi connectivity index (χ4v) is 2.85. The molecule has 3 aromatic rings. The minimum atomic E-state index is -0.162. The van der Waals surface area contributed by atoms with Crippen molar-refractivity contribution in [3.63, 3.8) is 0 Å². The molecule has 2 heterocycles. The summed E-state index contributed by atoms with van der Waals surface area (Å²) in [4.78, 5) is 17.0. The number of hydrogen-bond donors (Lipinski definition) is 1. The largest absolute Gasteiger partial charge is 0.491 e. The van der Waals surface area contributed by atoms with Crippen LogP contribution in [0.2, 0.25) is 0 Å². The minimum Gasteiger partial charge on any atom is -0.491 e. The summed E-state index contributed by atoms with van der Waals surface area (Å²) < 4.78 is 12.3. The summed E-state index contributed by atoms with van der Waals surface area (Å²) in [5, 5.41) is 7.31. The lowest BCUT2D eigenvalue weighted by Gasteiger charge is -2.10. The highest BCUT2D eigenvalue weighted by atomic mass is 16.5. The van der Waals surface area contributed by atoms with Crippen molar-refractivity contribution in [2.45, 2.75) is 19.9 Å². The van der Waals surface area contributed by atoms with Crippen molar-refractivity contribution < 1.29 is 14.3 Å². The van der Waals surface area contributed by atoms with E-state index in [9.17, 15) is 4.79 Å². The van der Waals surface area contributed by atoms with E-state index in [1.807, 2.05) is 49.4 Å². The molecular weight excluding hydrogens is 356 g/mol. The van der Waals surface area contributed by atoms with Crippen LogP contribution >= 0.6 is 0 Å². The van der Waals surface area contributed by atoms with E-state index in [0.717, 1.165) is 17.0 Å². The zero-order valence-corrected chi connectivity index (χ0v) is 16.1. The van der Waals surface area contributed by atoms with Crippen LogP contribution in [0.5, 0.6) is 5.75 Å². The molecule has 0 spiro atoms. The first kappa shape index (κ1) is 19.6. The quantitative estimate of drug-likeness (QED) is 0.578. The number of pyridine rings is 1. The zero-order chi connectivity index (χ0) is 19.8. The molecule has 1 amide bonds. The molecule has 146 valence electrons. The van der Waals surface area contributed by atoms with Gasteiger partial charge in [0.15, 0.2) is 5.82 Å².